The number of carbonyl (C=O) groups is 1. The van der Waals surface area contributed by atoms with Crippen molar-refractivity contribution in [1.29, 1.82) is 0 Å². The third kappa shape index (κ3) is 3.99. The summed E-state index contributed by atoms with van der Waals surface area (Å²) in [4.78, 5) is 14.2. The van der Waals surface area contributed by atoms with Crippen LogP contribution in [0.15, 0.2) is 54.6 Å². The van der Waals surface area contributed by atoms with Crippen LogP contribution < -0.4 is 15.5 Å². The molecule has 0 fully saturated rings. The van der Waals surface area contributed by atoms with Gasteiger partial charge in [-0.05, 0) is 31.2 Å². The maximum Gasteiger partial charge on any atom is 0.246 e. The van der Waals surface area contributed by atoms with E-state index in [9.17, 15) is 4.79 Å². The van der Waals surface area contributed by atoms with Crippen LogP contribution in [-0.4, -0.2) is 26.0 Å². The van der Waals surface area contributed by atoms with Crippen molar-refractivity contribution in [1.82, 2.24) is 0 Å². The number of para-hydroxylation sites is 3. The number of nitrogens with one attached hydrogen (secondary N) is 2. The zero-order valence-corrected chi connectivity index (χ0v) is 12.6. The first-order valence-corrected chi connectivity index (χ1v) is 6.96. The Morgan fingerprint density at radius 3 is 2.29 bits per heavy atom. The lowest BCUT2D eigenvalue weighted by molar-refractivity contribution is -0.116. The lowest BCUT2D eigenvalue weighted by Crippen LogP contribution is -2.32. The minimum Gasteiger partial charge on any atom is -0.376 e. The summed E-state index contributed by atoms with van der Waals surface area (Å²) in [5.41, 5.74) is 2.80. The highest BCUT2D eigenvalue weighted by molar-refractivity contribution is 5.96. The third-order valence-electron chi connectivity index (χ3n) is 3.19. The first kappa shape index (κ1) is 14.9. The van der Waals surface area contributed by atoms with Gasteiger partial charge in [-0.15, -0.1) is 0 Å². The Morgan fingerprint density at radius 1 is 1.00 bits per heavy atom. The monoisotopic (exact) mass is 283 g/mol. The van der Waals surface area contributed by atoms with E-state index in [1.165, 1.54) is 0 Å². The molecule has 0 aliphatic carbocycles. The SMILES string of the molecule is CC(Nc1ccccc1N(C)C)C(=O)Nc1ccccc1. The molecule has 2 aromatic rings. The molecule has 21 heavy (non-hydrogen) atoms. The third-order valence-corrected chi connectivity index (χ3v) is 3.19. The highest BCUT2D eigenvalue weighted by atomic mass is 16.2. The van der Waals surface area contributed by atoms with Gasteiger partial charge in [0.25, 0.3) is 0 Å². The first-order valence-electron chi connectivity index (χ1n) is 6.96. The van der Waals surface area contributed by atoms with Crippen LogP contribution in [0, 0.1) is 0 Å². The zero-order valence-electron chi connectivity index (χ0n) is 12.6. The number of amides is 1. The number of hydrogen-bond donors (Lipinski definition) is 2. The molecule has 2 N–H and O–H groups in total. The van der Waals surface area contributed by atoms with Gasteiger partial charge in [0, 0.05) is 19.8 Å². The Labute approximate surface area is 125 Å². The Hall–Kier alpha value is -2.49. The lowest BCUT2D eigenvalue weighted by Gasteiger charge is -2.21. The van der Waals surface area contributed by atoms with Gasteiger partial charge >= 0.3 is 0 Å². The molecule has 0 heterocycles. The fourth-order valence-corrected chi connectivity index (χ4v) is 2.06. The fraction of sp³-hybridized carbons (Fsp3) is 0.235. The van der Waals surface area contributed by atoms with Crippen LogP contribution in [-0.2, 0) is 4.79 Å². The van der Waals surface area contributed by atoms with Crippen LogP contribution in [0.3, 0.4) is 0 Å². The number of carbonyl (C=O) groups excluding carboxylic acids is 1. The van der Waals surface area contributed by atoms with Crippen molar-refractivity contribution in [2.24, 2.45) is 0 Å². The van der Waals surface area contributed by atoms with E-state index in [0.717, 1.165) is 17.1 Å². The van der Waals surface area contributed by atoms with Crippen LogP contribution in [0.4, 0.5) is 17.1 Å². The molecule has 0 aliphatic heterocycles. The summed E-state index contributed by atoms with van der Waals surface area (Å²) in [6.07, 6.45) is 0. The largest absolute Gasteiger partial charge is 0.376 e. The molecule has 110 valence electrons. The van der Waals surface area contributed by atoms with Gasteiger partial charge in [0.1, 0.15) is 6.04 Å². The number of rotatable bonds is 5. The minimum absolute atomic E-state index is 0.0604. The molecule has 4 nitrogen and oxygen atoms in total. The predicted octanol–water partition coefficient (Wildman–Crippen LogP) is 3.19. The molecule has 0 saturated carbocycles. The molecule has 0 bridgehead atoms. The van der Waals surface area contributed by atoms with E-state index >= 15 is 0 Å². The summed E-state index contributed by atoms with van der Waals surface area (Å²) in [5.74, 6) is -0.0604. The number of hydrogen-bond acceptors (Lipinski definition) is 3. The molecule has 0 spiro atoms. The van der Waals surface area contributed by atoms with Gasteiger partial charge in [-0.1, -0.05) is 30.3 Å². The highest BCUT2D eigenvalue weighted by Crippen LogP contribution is 2.24. The standard InChI is InChI=1S/C17H21N3O/c1-13(17(21)19-14-9-5-4-6-10-14)18-15-11-7-8-12-16(15)20(2)3/h4-13,18H,1-3H3,(H,19,21). The Kier molecular flexibility index (Phi) is 4.82. The summed E-state index contributed by atoms with van der Waals surface area (Å²) in [6.45, 7) is 1.85. The first-order chi connectivity index (χ1) is 10.1. The molecule has 2 rings (SSSR count). The normalized spacial score (nSPS) is 11.6. The van der Waals surface area contributed by atoms with Gasteiger partial charge in [-0.25, -0.2) is 0 Å². The maximum absolute atomic E-state index is 12.2. The van der Waals surface area contributed by atoms with Crippen LogP contribution in [0.1, 0.15) is 6.92 Å². The second kappa shape index (κ2) is 6.79. The van der Waals surface area contributed by atoms with E-state index < -0.39 is 0 Å². The second-order valence-corrected chi connectivity index (χ2v) is 5.13. The summed E-state index contributed by atoms with van der Waals surface area (Å²) in [5, 5.41) is 6.15. The van der Waals surface area contributed by atoms with E-state index in [2.05, 4.69) is 10.6 Å². The van der Waals surface area contributed by atoms with Crippen molar-refractivity contribution in [3.05, 3.63) is 54.6 Å². The molecule has 0 aliphatic rings. The van der Waals surface area contributed by atoms with Gasteiger partial charge in [-0.3, -0.25) is 4.79 Å². The molecule has 0 saturated heterocycles. The van der Waals surface area contributed by atoms with Crippen molar-refractivity contribution in [2.45, 2.75) is 13.0 Å². The molecular formula is C17H21N3O. The van der Waals surface area contributed by atoms with Crippen LogP contribution >= 0.6 is 0 Å². The summed E-state index contributed by atoms with van der Waals surface area (Å²) < 4.78 is 0. The van der Waals surface area contributed by atoms with E-state index in [1.54, 1.807) is 0 Å². The van der Waals surface area contributed by atoms with E-state index in [4.69, 9.17) is 0 Å². The van der Waals surface area contributed by atoms with E-state index in [-0.39, 0.29) is 11.9 Å². The van der Waals surface area contributed by atoms with Gasteiger partial charge in [0.05, 0.1) is 11.4 Å². The lowest BCUT2D eigenvalue weighted by atomic mass is 10.2. The number of nitrogens with zero attached hydrogens (tertiary/aromatic N) is 1. The average molecular weight is 283 g/mol. The maximum atomic E-state index is 12.2. The predicted molar refractivity (Wildman–Crippen MR) is 88.9 cm³/mol. The number of benzene rings is 2. The van der Waals surface area contributed by atoms with Gasteiger partial charge in [0.15, 0.2) is 0 Å². The molecule has 1 atom stereocenters. The second-order valence-electron chi connectivity index (χ2n) is 5.13. The quantitative estimate of drug-likeness (QED) is 0.885. The van der Waals surface area contributed by atoms with Crippen LogP contribution in [0.2, 0.25) is 0 Å². The van der Waals surface area contributed by atoms with Crippen LogP contribution in [0.25, 0.3) is 0 Å². The van der Waals surface area contributed by atoms with Crippen molar-refractivity contribution in [3.8, 4) is 0 Å². The molecule has 1 unspecified atom stereocenters. The summed E-state index contributed by atoms with van der Waals surface area (Å²) in [7, 11) is 3.96. The van der Waals surface area contributed by atoms with Gasteiger partial charge < -0.3 is 15.5 Å². The highest BCUT2D eigenvalue weighted by Gasteiger charge is 2.14. The molecule has 4 heteroatoms. The van der Waals surface area contributed by atoms with Crippen molar-refractivity contribution < 1.29 is 4.79 Å². The van der Waals surface area contributed by atoms with Crippen LogP contribution in [0.5, 0.6) is 0 Å². The average Bonchev–Trinajstić information content (AvgIpc) is 2.48. The molecule has 0 aromatic heterocycles. The molecule has 1 amide bonds. The summed E-state index contributed by atoms with van der Waals surface area (Å²) >= 11 is 0. The summed E-state index contributed by atoms with van der Waals surface area (Å²) in [6, 6.07) is 17.1. The van der Waals surface area contributed by atoms with Crippen molar-refractivity contribution >= 4 is 23.0 Å². The fourth-order valence-electron chi connectivity index (χ4n) is 2.06. The zero-order chi connectivity index (χ0) is 15.2. The smallest absolute Gasteiger partial charge is 0.246 e. The Bertz CT molecular complexity index is 596. The minimum atomic E-state index is -0.327. The number of anilines is 3. The topological polar surface area (TPSA) is 44.4 Å². The van der Waals surface area contributed by atoms with Crippen molar-refractivity contribution in [2.75, 3.05) is 29.6 Å². The molecular weight excluding hydrogens is 262 g/mol. The Balaban J connectivity index is 2.04. The van der Waals surface area contributed by atoms with E-state index in [0.29, 0.717) is 0 Å². The molecule has 0 radical (unpaired) electrons. The van der Waals surface area contributed by atoms with Gasteiger partial charge in [0.2, 0.25) is 5.91 Å². The van der Waals surface area contributed by atoms with Gasteiger partial charge in [-0.2, -0.15) is 0 Å². The van der Waals surface area contributed by atoms with Crippen molar-refractivity contribution in [3.63, 3.8) is 0 Å². The Morgan fingerprint density at radius 2 is 1.62 bits per heavy atom. The van der Waals surface area contributed by atoms with E-state index in [1.807, 2.05) is 80.5 Å². The molecule has 2 aromatic carbocycles.